The Morgan fingerprint density at radius 3 is 3.00 bits per heavy atom. The summed E-state index contributed by atoms with van der Waals surface area (Å²) in [6, 6.07) is 1.12. The molecule has 0 aromatic carbocycles. The monoisotopic (exact) mass is 296 g/mol. The maximum absolute atomic E-state index is 13.2. The maximum atomic E-state index is 13.2. The second-order valence-electron chi connectivity index (χ2n) is 3.94. The number of H-pyrrole nitrogens is 1. The number of halogens is 1. The Morgan fingerprint density at radius 1 is 1.55 bits per heavy atom. The van der Waals surface area contributed by atoms with E-state index < -0.39 is 11.7 Å². The number of carbonyl (C=O) groups is 1. The summed E-state index contributed by atoms with van der Waals surface area (Å²) in [7, 11) is 0. The van der Waals surface area contributed by atoms with E-state index in [2.05, 4.69) is 20.6 Å². The average molecular weight is 296 g/mol. The smallest absolute Gasteiger partial charge is 0.304 e. The summed E-state index contributed by atoms with van der Waals surface area (Å²) in [6.07, 6.45) is 1.05. The lowest BCUT2D eigenvalue weighted by Gasteiger charge is -2.09. The second kappa shape index (κ2) is 6.29. The van der Waals surface area contributed by atoms with Gasteiger partial charge >= 0.3 is 4.87 Å². The van der Waals surface area contributed by atoms with Crippen LogP contribution in [0, 0.1) is 5.82 Å². The molecular formula is C12H13FN4O2S. The number of nitrogens with one attached hydrogen (secondary N) is 3. The van der Waals surface area contributed by atoms with Gasteiger partial charge in [0.05, 0.1) is 18.3 Å². The molecule has 2 aromatic rings. The summed E-state index contributed by atoms with van der Waals surface area (Å²) in [6.45, 7) is 2.58. The normalized spacial score (nSPS) is 10.3. The minimum absolute atomic E-state index is 0.129. The molecule has 0 saturated carbocycles. The number of aromatic amines is 1. The van der Waals surface area contributed by atoms with E-state index in [-0.39, 0.29) is 17.0 Å². The Kier molecular flexibility index (Phi) is 4.46. The summed E-state index contributed by atoms with van der Waals surface area (Å²) in [5, 5.41) is 7.12. The van der Waals surface area contributed by atoms with Crippen molar-refractivity contribution in [2.24, 2.45) is 0 Å². The molecule has 2 aromatic heterocycles. The molecule has 6 nitrogen and oxygen atoms in total. The highest BCUT2D eigenvalue weighted by atomic mass is 32.1. The Hall–Kier alpha value is -2.22. The van der Waals surface area contributed by atoms with Gasteiger partial charge in [-0.2, -0.15) is 0 Å². The van der Waals surface area contributed by atoms with Crippen LogP contribution in [0.1, 0.15) is 23.0 Å². The lowest BCUT2D eigenvalue weighted by molar-refractivity contribution is 0.0950. The van der Waals surface area contributed by atoms with Crippen LogP contribution >= 0.6 is 11.3 Å². The molecule has 3 N–H and O–H groups in total. The van der Waals surface area contributed by atoms with Crippen molar-refractivity contribution in [3.05, 3.63) is 44.4 Å². The molecule has 106 valence electrons. The van der Waals surface area contributed by atoms with Gasteiger partial charge in [0.2, 0.25) is 0 Å². The van der Waals surface area contributed by atoms with Crippen molar-refractivity contribution in [3.8, 4) is 0 Å². The number of aromatic nitrogens is 2. The Morgan fingerprint density at radius 2 is 2.35 bits per heavy atom. The van der Waals surface area contributed by atoms with E-state index in [0.29, 0.717) is 18.1 Å². The highest BCUT2D eigenvalue weighted by Crippen LogP contribution is 2.13. The lowest BCUT2D eigenvalue weighted by Crippen LogP contribution is -2.25. The van der Waals surface area contributed by atoms with E-state index in [9.17, 15) is 14.0 Å². The molecule has 0 spiro atoms. The van der Waals surface area contributed by atoms with Crippen LogP contribution < -0.4 is 15.5 Å². The van der Waals surface area contributed by atoms with Crippen LogP contribution in [0.3, 0.4) is 0 Å². The van der Waals surface area contributed by atoms with Crippen LogP contribution in [-0.4, -0.2) is 22.4 Å². The van der Waals surface area contributed by atoms with E-state index in [1.807, 2.05) is 6.92 Å². The molecule has 20 heavy (non-hydrogen) atoms. The standard InChI is InChI=1S/C12H13FN4O2S/c1-2-14-10-9(3-7(13)4-15-10)11(18)16-5-8-6-20-12(19)17-8/h3-4,6H,2,5H2,1H3,(H,14,15)(H,16,18)(H,17,19). The van der Waals surface area contributed by atoms with Gasteiger partial charge in [0.25, 0.3) is 5.91 Å². The van der Waals surface area contributed by atoms with E-state index in [1.165, 1.54) is 0 Å². The van der Waals surface area contributed by atoms with Gasteiger partial charge < -0.3 is 15.6 Å². The van der Waals surface area contributed by atoms with Crippen LogP contribution in [0.15, 0.2) is 22.4 Å². The number of hydrogen-bond acceptors (Lipinski definition) is 5. The van der Waals surface area contributed by atoms with Crippen molar-refractivity contribution in [2.75, 3.05) is 11.9 Å². The average Bonchev–Trinajstić information content (AvgIpc) is 2.84. The van der Waals surface area contributed by atoms with Crippen LogP contribution in [0.25, 0.3) is 0 Å². The van der Waals surface area contributed by atoms with Crippen molar-refractivity contribution in [1.82, 2.24) is 15.3 Å². The van der Waals surface area contributed by atoms with Crippen molar-refractivity contribution in [3.63, 3.8) is 0 Å². The Balaban J connectivity index is 2.11. The number of rotatable bonds is 5. The molecule has 0 bridgehead atoms. The summed E-state index contributed by atoms with van der Waals surface area (Å²) < 4.78 is 13.2. The van der Waals surface area contributed by atoms with Gasteiger partial charge in [0.15, 0.2) is 0 Å². The minimum Gasteiger partial charge on any atom is -0.370 e. The molecule has 0 fully saturated rings. The maximum Gasteiger partial charge on any atom is 0.304 e. The summed E-state index contributed by atoms with van der Waals surface area (Å²) in [5.74, 6) is -0.717. The lowest BCUT2D eigenvalue weighted by atomic mass is 10.2. The molecule has 0 aliphatic carbocycles. The van der Waals surface area contributed by atoms with Gasteiger partial charge in [-0.05, 0) is 13.0 Å². The number of nitrogens with zero attached hydrogens (tertiary/aromatic N) is 1. The number of thiazole rings is 1. The third-order valence-corrected chi connectivity index (χ3v) is 3.17. The molecule has 0 atom stereocenters. The van der Waals surface area contributed by atoms with Crippen molar-refractivity contribution in [1.29, 1.82) is 0 Å². The zero-order valence-electron chi connectivity index (χ0n) is 10.7. The number of carbonyl (C=O) groups excluding carboxylic acids is 1. The largest absolute Gasteiger partial charge is 0.370 e. The third kappa shape index (κ3) is 3.41. The van der Waals surface area contributed by atoms with Crippen molar-refractivity contribution < 1.29 is 9.18 Å². The van der Waals surface area contributed by atoms with E-state index in [1.54, 1.807) is 5.38 Å². The highest BCUT2D eigenvalue weighted by Gasteiger charge is 2.13. The SMILES string of the molecule is CCNc1ncc(F)cc1C(=O)NCc1csc(=O)[nH]1. The van der Waals surface area contributed by atoms with Gasteiger partial charge in [-0.15, -0.1) is 0 Å². The molecule has 1 amide bonds. The van der Waals surface area contributed by atoms with Gasteiger partial charge in [-0.1, -0.05) is 11.3 Å². The fraction of sp³-hybridized carbons (Fsp3) is 0.250. The molecule has 2 heterocycles. The molecule has 0 saturated heterocycles. The van der Waals surface area contributed by atoms with Crippen LogP contribution in [0.2, 0.25) is 0 Å². The summed E-state index contributed by atoms with van der Waals surface area (Å²) in [4.78, 5) is 29.2. The first kappa shape index (κ1) is 14.2. The first-order valence-electron chi connectivity index (χ1n) is 5.94. The molecule has 0 unspecified atom stereocenters. The zero-order valence-corrected chi connectivity index (χ0v) is 11.5. The van der Waals surface area contributed by atoms with Gasteiger partial charge in [0, 0.05) is 17.6 Å². The molecule has 2 rings (SSSR count). The first-order chi connectivity index (χ1) is 9.60. The van der Waals surface area contributed by atoms with Crippen molar-refractivity contribution >= 4 is 23.1 Å². The van der Waals surface area contributed by atoms with Gasteiger partial charge in [-0.3, -0.25) is 9.59 Å². The molecule has 8 heteroatoms. The zero-order chi connectivity index (χ0) is 14.5. The second-order valence-corrected chi connectivity index (χ2v) is 4.78. The number of hydrogen-bond donors (Lipinski definition) is 3. The molecule has 0 radical (unpaired) electrons. The van der Waals surface area contributed by atoms with Gasteiger partial charge in [0.1, 0.15) is 11.6 Å². The Labute approximate surface area is 118 Å². The van der Waals surface area contributed by atoms with Gasteiger partial charge in [-0.25, -0.2) is 9.37 Å². The summed E-state index contributed by atoms with van der Waals surface area (Å²) in [5.41, 5.74) is 0.729. The Bertz CT molecular complexity index is 667. The number of pyridine rings is 1. The third-order valence-electron chi connectivity index (χ3n) is 2.45. The quantitative estimate of drug-likeness (QED) is 0.777. The van der Waals surface area contributed by atoms with Crippen molar-refractivity contribution in [2.45, 2.75) is 13.5 Å². The van der Waals surface area contributed by atoms with E-state index in [4.69, 9.17) is 0 Å². The highest BCUT2D eigenvalue weighted by molar-refractivity contribution is 7.07. The van der Waals surface area contributed by atoms with E-state index in [0.717, 1.165) is 23.6 Å². The molecule has 0 aliphatic rings. The van der Waals surface area contributed by atoms with Crippen LogP contribution in [-0.2, 0) is 6.54 Å². The van der Waals surface area contributed by atoms with Crippen LogP contribution in [0.5, 0.6) is 0 Å². The predicted molar refractivity (Wildman–Crippen MR) is 74.5 cm³/mol. The molecule has 0 aliphatic heterocycles. The number of anilines is 1. The van der Waals surface area contributed by atoms with E-state index >= 15 is 0 Å². The summed E-state index contributed by atoms with van der Waals surface area (Å²) >= 11 is 1.02. The van der Waals surface area contributed by atoms with Crippen LogP contribution in [0.4, 0.5) is 10.2 Å². The number of amides is 1. The predicted octanol–water partition coefficient (Wildman–Crippen LogP) is 1.33. The topological polar surface area (TPSA) is 86.9 Å². The molecular weight excluding hydrogens is 283 g/mol. The minimum atomic E-state index is -0.583. The first-order valence-corrected chi connectivity index (χ1v) is 6.82. The fourth-order valence-electron chi connectivity index (χ4n) is 1.59. The fourth-order valence-corrected chi connectivity index (χ4v) is 2.17.